The van der Waals surface area contributed by atoms with Gasteiger partial charge in [-0.3, -0.25) is 0 Å². The fraction of sp³-hybridized carbons (Fsp3) is 0.455. The van der Waals surface area contributed by atoms with Crippen LogP contribution in [0.25, 0.3) is 11.3 Å². The molecule has 0 amide bonds. The summed E-state index contributed by atoms with van der Waals surface area (Å²) < 4.78 is 7.39. The lowest BCUT2D eigenvalue weighted by Gasteiger charge is -2.21. The minimum Gasteiger partial charge on any atom is -0.382 e. The van der Waals surface area contributed by atoms with Gasteiger partial charge in [0.05, 0.1) is 18.4 Å². The summed E-state index contributed by atoms with van der Waals surface area (Å²) in [6.45, 7) is 7.21. The third-order valence-corrected chi connectivity index (χ3v) is 4.97. The molecule has 0 aliphatic carbocycles. The second-order valence-corrected chi connectivity index (χ2v) is 7.31. The van der Waals surface area contributed by atoms with Gasteiger partial charge in [-0.25, -0.2) is 9.98 Å². The van der Waals surface area contributed by atoms with E-state index in [9.17, 15) is 0 Å². The number of aliphatic imine (C=N–C) groups is 1. The summed E-state index contributed by atoms with van der Waals surface area (Å²) in [5.74, 6) is 3.35. The number of nitrogens with one attached hydrogen (secondary N) is 2. The van der Waals surface area contributed by atoms with Gasteiger partial charge in [0, 0.05) is 33.9 Å². The van der Waals surface area contributed by atoms with Crippen molar-refractivity contribution in [3.63, 3.8) is 0 Å². The van der Waals surface area contributed by atoms with Gasteiger partial charge in [0.1, 0.15) is 18.2 Å². The minimum atomic E-state index is 0. The van der Waals surface area contributed by atoms with E-state index in [1.54, 1.807) is 0 Å². The maximum absolute atomic E-state index is 5.43. The molecule has 0 atom stereocenters. The number of guanidine groups is 1. The summed E-state index contributed by atoms with van der Waals surface area (Å²) in [5, 5.41) is 11.8. The third kappa shape index (κ3) is 7.30. The zero-order valence-corrected chi connectivity index (χ0v) is 21.5. The number of H-pyrrole nitrogens is 1. The molecule has 0 fully saturated rings. The second-order valence-electron chi connectivity index (χ2n) is 7.31. The predicted molar refractivity (Wildman–Crippen MR) is 137 cm³/mol. The van der Waals surface area contributed by atoms with Gasteiger partial charge in [-0.15, -0.1) is 34.2 Å². The summed E-state index contributed by atoms with van der Waals surface area (Å²) in [6.07, 6.45) is 2.77. The maximum atomic E-state index is 5.43. The zero-order valence-electron chi connectivity index (χ0n) is 19.2. The van der Waals surface area contributed by atoms with E-state index in [1.807, 2.05) is 56.9 Å². The van der Waals surface area contributed by atoms with E-state index < -0.39 is 0 Å². The molecule has 3 aromatic rings. The lowest BCUT2D eigenvalue weighted by atomic mass is 10.2. The number of nitrogens with zero attached hydrogens (tertiary/aromatic N) is 6. The summed E-state index contributed by atoms with van der Waals surface area (Å²) in [5.41, 5.74) is 2.12. The van der Waals surface area contributed by atoms with Gasteiger partial charge in [0.15, 0.2) is 11.8 Å². The van der Waals surface area contributed by atoms with Crippen molar-refractivity contribution in [3.8, 4) is 11.3 Å². The van der Waals surface area contributed by atoms with E-state index in [4.69, 9.17) is 9.73 Å². The van der Waals surface area contributed by atoms with E-state index in [0.29, 0.717) is 13.1 Å². The molecule has 0 bridgehead atoms. The Hall–Kier alpha value is -2.47. The largest absolute Gasteiger partial charge is 0.382 e. The molecule has 10 heteroatoms. The number of aromatic amines is 1. The van der Waals surface area contributed by atoms with Crippen LogP contribution < -0.4 is 5.32 Å². The number of imidazole rings is 1. The van der Waals surface area contributed by atoms with Crippen LogP contribution in [-0.4, -0.2) is 62.4 Å². The van der Waals surface area contributed by atoms with Crippen molar-refractivity contribution in [3.05, 3.63) is 54.0 Å². The Kier molecular flexibility index (Phi) is 10.6. The third-order valence-electron chi connectivity index (χ3n) is 4.97. The van der Waals surface area contributed by atoms with Gasteiger partial charge in [-0.1, -0.05) is 30.3 Å². The Morgan fingerprint density at radius 2 is 2.03 bits per heavy atom. The van der Waals surface area contributed by atoms with Crippen molar-refractivity contribution in [2.45, 2.75) is 33.4 Å². The van der Waals surface area contributed by atoms with E-state index >= 15 is 0 Å². The standard InChI is InChI=1S/C22H32N8O.HI/c1-5-31-13-9-12-23-22(25-15-21-28-27-17(2)30(21)4)29(3)16-20-24-14-19(26-20)18-10-7-6-8-11-18;/h6-8,10-11,14H,5,9,12-13,15-16H2,1-4H3,(H,23,25)(H,24,26);1H. The summed E-state index contributed by atoms with van der Waals surface area (Å²) in [6, 6.07) is 10.2. The average Bonchev–Trinajstić information content (AvgIpc) is 3.38. The van der Waals surface area contributed by atoms with E-state index in [-0.39, 0.29) is 24.0 Å². The Bertz CT molecular complexity index is 969. The van der Waals surface area contributed by atoms with Crippen LogP contribution in [0.3, 0.4) is 0 Å². The molecule has 0 radical (unpaired) electrons. The number of hydrogen-bond acceptors (Lipinski definition) is 5. The quantitative estimate of drug-likeness (QED) is 0.174. The summed E-state index contributed by atoms with van der Waals surface area (Å²) >= 11 is 0. The number of aromatic nitrogens is 5. The molecule has 2 N–H and O–H groups in total. The van der Waals surface area contributed by atoms with Crippen LogP contribution in [0.1, 0.15) is 30.8 Å². The number of aryl methyl sites for hydroxylation is 1. The first-order valence-corrected chi connectivity index (χ1v) is 10.6. The highest BCUT2D eigenvalue weighted by molar-refractivity contribution is 14.0. The van der Waals surface area contributed by atoms with Crippen LogP contribution in [0.15, 0.2) is 41.5 Å². The minimum absolute atomic E-state index is 0. The smallest absolute Gasteiger partial charge is 0.194 e. The summed E-state index contributed by atoms with van der Waals surface area (Å²) in [4.78, 5) is 14.8. The topological polar surface area (TPSA) is 96.2 Å². The highest BCUT2D eigenvalue weighted by Crippen LogP contribution is 2.16. The molecule has 3 rings (SSSR count). The van der Waals surface area contributed by atoms with Crippen molar-refractivity contribution in [1.29, 1.82) is 0 Å². The van der Waals surface area contributed by atoms with Crippen LogP contribution >= 0.6 is 24.0 Å². The highest BCUT2D eigenvalue weighted by Gasteiger charge is 2.12. The molecule has 0 saturated carbocycles. The Balaban J connectivity index is 0.00000363. The van der Waals surface area contributed by atoms with Gasteiger partial charge < -0.3 is 24.5 Å². The van der Waals surface area contributed by atoms with Crippen LogP contribution in [0.4, 0.5) is 0 Å². The highest BCUT2D eigenvalue weighted by atomic mass is 127. The molecule has 32 heavy (non-hydrogen) atoms. The molecule has 2 aromatic heterocycles. The van der Waals surface area contributed by atoms with Gasteiger partial charge in [-0.2, -0.15) is 0 Å². The molecule has 0 unspecified atom stereocenters. The second kappa shape index (κ2) is 13.2. The molecule has 0 aliphatic rings. The lowest BCUT2D eigenvalue weighted by molar-refractivity contribution is 0.145. The fourth-order valence-corrected chi connectivity index (χ4v) is 3.07. The normalized spacial score (nSPS) is 11.3. The van der Waals surface area contributed by atoms with Crippen LogP contribution in [0, 0.1) is 6.92 Å². The molecule has 0 saturated heterocycles. The average molecular weight is 552 g/mol. The van der Waals surface area contributed by atoms with Gasteiger partial charge >= 0.3 is 0 Å². The molecule has 9 nitrogen and oxygen atoms in total. The number of benzene rings is 1. The number of rotatable bonds is 10. The maximum Gasteiger partial charge on any atom is 0.194 e. The van der Waals surface area contributed by atoms with Crippen molar-refractivity contribution in [2.24, 2.45) is 12.0 Å². The van der Waals surface area contributed by atoms with Crippen molar-refractivity contribution in [2.75, 3.05) is 26.8 Å². The van der Waals surface area contributed by atoms with Crippen molar-refractivity contribution in [1.82, 2.24) is 34.9 Å². The van der Waals surface area contributed by atoms with Gasteiger partial charge in [-0.05, 0) is 25.8 Å². The van der Waals surface area contributed by atoms with E-state index in [2.05, 4.69) is 42.5 Å². The summed E-state index contributed by atoms with van der Waals surface area (Å²) in [7, 11) is 3.95. The number of ether oxygens (including phenoxy) is 1. The Morgan fingerprint density at radius 1 is 1.25 bits per heavy atom. The molecular formula is C22H33IN8O. The first-order valence-electron chi connectivity index (χ1n) is 10.6. The molecule has 174 valence electrons. The van der Waals surface area contributed by atoms with Crippen molar-refractivity contribution >= 4 is 29.9 Å². The van der Waals surface area contributed by atoms with Crippen LogP contribution in [0.2, 0.25) is 0 Å². The molecular weight excluding hydrogens is 519 g/mol. The zero-order chi connectivity index (χ0) is 22.1. The first-order chi connectivity index (χ1) is 15.1. The number of hydrogen-bond donors (Lipinski definition) is 2. The Morgan fingerprint density at radius 3 is 2.72 bits per heavy atom. The SMILES string of the molecule is CCOCCCNC(=NCc1nnc(C)n1C)N(C)Cc1ncc(-c2ccccc2)[nH]1.I. The molecule has 1 aromatic carbocycles. The lowest BCUT2D eigenvalue weighted by Crippen LogP contribution is -2.39. The molecule has 0 aliphatic heterocycles. The van der Waals surface area contributed by atoms with E-state index in [0.717, 1.165) is 60.9 Å². The van der Waals surface area contributed by atoms with Crippen molar-refractivity contribution < 1.29 is 4.74 Å². The Labute approximate surface area is 206 Å². The van der Waals surface area contributed by atoms with Crippen LogP contribution in [-0.2, 0) is 24.9 Å². The van der Waals surface area contributed by atoms with E-state index in [1.165, 1.54) is 0 Å². The molecule has 0 spiro atoms. The van der Waals surface area contributed by atoms with Gasteiger partial charge in [0.25, 0.3) is 0 Å². The molecule has 2 heterocycles. The fourth-order valence-electron chi connectivity index (χ4n) is 3.07. The number of halogens is 1. The predicted octanol–water partition coefficient (Wildman–Crippen LogP) is 3.14. The van der Waals surface area contributed by atoms with Crippen LogP contribution in [0.5, 0.6) is 0 Å². The monoisotopic (exact) mass is 552 g/mol. The first kappa shape index (κ1) is 25.8. The van der Waals surface area contributed by atoms with Gasteiger partial charge in [0.2, 0.25) is 0 Å².